The van der Waals surface area contributed by atoms with E-state index in [1.807, 2.05) is 77.8 Å². The van der Waals surface area contributed by atoms with Gasteiger partial charge in [-0.25, -0.2) is 9.67 Å². The van der Waals surface area contributed by atoms with Crippen molar-refractivity contribution in [3.05, 3.63) is 123 Å². The molecule has 0 fully saturated rings. The molecule has 7 heteroatoms. The number of para-hydroxylation sites is 1. The lowest BCUT2D eigenvalue weighted by Crippen LogP contribution is -2.20. The molecule has 0 aliphatic rings. The Balaban J connectivity index is 1.59. The Morgan fingerprint density at radius 2 is 1.51 bits per heavy atom. The molecule has 1 N–H and O–H groups in total. The molecule has 6 aromatic rings. The van der Waals surface area contributed by atoms with Crippen LogP contribution in [-0.4, -0.2) is 19.0 Å². The lowest BCUT2D eigenvalue weighted by molar-refractivity contribution is 0.475. The van der Waals surface area contributed by atoms with Crippen molar-refractivity contribution >= 4 is 27.8 Å². The number of hydrogen-bond acceptors (Lipinski definition) is 4. The minimum atomic E-state index is -0.177. The molecule has 0 radical (unpaired) electrons. The molecule has 2 heterocycles. The number of aromatic nitrogens is 3. The van der Waals surface area contributed by atoms with Crippen molar-refractivity contribution in [1.29, 1.82) is 0 Å². The number of aromatic hydroxyl groups is 1. The summed E-state index contributed by atoms with van der Waals surface area (Å²) in [6.45, 7) is 1.91. The summed E-state index contributed by atoms with van der Waals surface area (Å²) in [6.07, 6.45) is 0. The van der Waals surface area contributed by atoms with E-state index in [1.165, 1.54) is 16.7 Å². The maximum atomic E-state index is 13.5. The van der Waals surface area contributed by atoms with E-state index in [0.717, 1.165) is 33.7 Å². The van der Waals surface area contributed by atoms with Crippen LogP contribution in [0.4, 0.5) is 5.69 Å². The first-order valence-corrected chi connectivity index (χ1v) is 12.8. The van der Waals surface area contributed by atoms with Gasteiger partial charge in [0.05, 0.1) is 17.1 Å². The monoisotopic (exact) mass is 504 g/mol. The van der Waals surface area contributed by atoms with E-state index in [0.29, 0.717) is 10.5 Å². The number of phenolic OH excluding ortho intramolecular Hbond substituents is 1. The quantitative estimate of drug-likeness (QED) is 0.316. The fraction of sp³-hybridized carbons (Fsp3) is 0.0667. The second kappa shape index (κ2) is 9.11. The van der Waals surface area contributed by atoms with Crippen molar-refractivity contribution < 1.29 is 5.11 Å². The van der Waals surface area contributed by atoms with Crippen molar-refractivity contribution in [3.63, 3.8) is 0 Å². The third kappa shape index (κ3) is 3.99. The highest BCUT2D eigenvalue weighted by Crippen LogP contribution is 2.28. The van der Waals surface area contributed by atoms with E-state index >= 15 is 0 Å². The molecule has 0 aliphatic carbocycles. The number of thiazole rings is 1. The van der Waals surface area contributed by atoms with Gasteiger partial charge in [-0.3, -0.25) is 14.0 Å². The largest absolute Gasteiger partial charge is 0.508 e. The Labute approximate surface area is 217 Å². The summed E-state index contributed by atoms with van der Waals surface area (Å²) in [5.41, 5.74) is 4.61. The van der Waals surface area contributed by atoms with Crippen LogP contribution >= 0.6 is 11.3 Å². The molecule has 0 saturated carbocycles. The zero-order chi connectivity index (χ0) is 25.5. The molecule has 0 amide bonds. The first kappa shape index (κ1) is 22.8. The van der Waals surface area contributed by atoms with Gasteiger partial charge in [0.1, 0.15) is 5.75 Å². The summed E-state index contributed by atoms with van der Waals surface area (Å²) < 4.78 is 5.50. The van der Waals surface area contributed by atoms with E-state index in [1.54, 1.807) is 16.8 Å². The van der Waals surface area contributed by atoms with Gasteiger partial charge in [-0.1, -0.05) is 54.6 Å². The minimum Gasteiger partial charge on any atom is -0.508 e. The van der Waals surface area contributed by atoms with Crippen LogP contribution in [0.15, 0.2) is 112 Å². The average Bonchev–Trinajstić information content (AvgIpc) is 3.44. The predicted molar refractivity (Wildman–Crippen MR) is 149 cm³/mol. The van der Waals surface area contributed by atoms with E-state index < -0.39 is 0 Å². The first-order valence-electron chi connectivity index (χ1n) is 11.9. The molecule has 0 spiro atoms. The molecule has 0 aliphatic heterocycles. The second-order valence-electron chi connectivity index (χ2n) is 8.84. The van der Waals surface area contributed by atoms with Gasteiger partial charge >= 0.3 is 0 Å². The summed E-state index contributed by atoms with van der Waals surface area (Å²) >= 11 is 1.47. The minimum absolute atomic E-state index is 0.177. The Hall–Kier alpha value is -4.62. The molecule has 182 valence electrons. The van der Waals surface area contributed by atoms with Crippen molar-refractivity contribution in [2.45, 2.75) is 6.92 Å². The van der Waals surface area contributed by atoms with Crippen LogP contribution in [0.5, 0.6) is 5.75 Å². The number of hydrogen-bond donors (Lipinski definition) is 1. The second-order valence-corrected chi connectivity index (χ2v) is 9.68. The molecule has 6 rings (SSSR count). The van der Waals surface area contributed by atoms with Crippen LogP contribution in [0, 0.1) is 6.92 Å². The third-order valence-corrected chi connectivity index (χ3v) is 7.42. The van der Waals surface area contributed by atoms with Crippen LogP contribution in [0.25, 0.3) is 33.4 Å². The summed E-state index contributed by atoms with van der Waals surface area (Å²) in [4.78, 5) is 19.1. The van der Waals surface area contributed by atoms with E-state index in [4.69, 9.17) is 4.99 Å². The topological polar surface area (TPSA) is 64.4 Å². The van der Waals surface area contributed by atoms with Gasteiger partial charge in [0.2, 0.25) is 0 Å². The molecular weight excluding hydrogens is 480 g/mol. The number of phenols is 1. The molecule has 6 nitrogen and oxygen atoms in total. The standard InChI is InChI=1S/C30H24N4O2S/c1-20-28(29(36)34(32(20)2)25-10-4-3-5-11-25)31-30-33(24-14-16-26(35)17-15-24)27(19-37-30)23-13-12-21-8-6-7-9-22(21)18-23/h3-19,35H,1-2H3. The maximum Gasteiger partial charge on any atom is 0.297 e. The highest BCUT2D eigenvalue weighted by Gasteiger charge is 2.17. The maximum absolute atomic E-state index is 13.5. The number of rotatable bonds is 4. The Kier molecular flexibility index (Phi) is 5.62. The fourth-order valence-electron chi connectivity index (χ4n) is 4.57. The van der Waals surface area contributed by atoms with E-state index in [-0.39, 0.29) is 11.3 Å². The van der Waals surface area contributed by atoms with Gasteiger partial charge in [0.15, 0.2) is 10.5 Å². The van der Waals surface area contributed by atoms with Crippen molar-refractivity contribution in [3.8, 4) is 28.4 Å². The molecule has 2 aromatic heterocycles. The van der Waals surface area contributed by atoms with Gasteiger partial charge in [-0.15, -0.1) is 11.3 Å². The molecule has 0 atom stereocenters. The SMILES string of the molecule is Cc1c(N=c2scc(-c3ccc4ccccc4c3)n2-c2ccc(O)cc2)c(=O)n(-c2ccccc2)n1C. The van der Waals surface area contributed by atoms with E-state index in [2.05, 4.69) is 35.7 Å². The molecular formula is C30H24N4O2S. The zero-order valence-corrected chi connectivity index (χ0v) is 21.2. The molecule has 0 bridgehead atoms. The smallest absolute Gasteiger partial charge is 0.297 e. The Bertz CT molecular complexity index is 1870. The van der Waals surface area contributed by atoms with Gasteiger partial charge < -0.3 is 5.11 Å². The first-order chi connectivity index (χ1) is 18.0. The predicted octanol–water partition coefficient (Wildman–Crippen LogP) is 6.09. The highest BCUT2D eigenvalue weighted by molar-refractivity contribution is 7.07. The highest BCUT2D eigenvalue weighted by atomic mass is 32.1. The van der Waals surface area contributed by atoms with Crippen molar-refractivity contribution in [2.75, 3.05) is 0 Å². The van der Waals surface area contributed by atoms with Gasteiger partial charge in [-0.2, -0.15) is 0 Å². The summed E-state index contributed by atoms with van der Waals surface area (Å²) in [6, 6.07) is 31.2. The average molecular weight is 505 g/mol. The number of fused-ring (bicyclic) bond motifs is 1. The van der Waals surface area contributed by atoms with Gasteiger partial charge in [0.25, 0.3) is 5.56 Å². The summed E-state index contributed by atoms with van der Waals surface area (Å²) in [5.74, 6) is 0.190. The lowest BCUT2D eigenvalue weighted by Gasteiger charge is -2.10. The molecule has 0 unspecified atom stereocenters. The molecule has 0 saturated heterocycles. The number of nitrogens with zero attached hydrogens (tertiary/aromatic N) is 4. The van der Waals surface area contributed by atoms with Gasteiger partial charge in [-0.05, 0) is 60.2 Å². The Morgan fingerprint density at radius 1 is 0.811 bits per heavy atom. The Morgan fingerprint density at radius 3 is 2.27 bits per heavy atom. The summed E-state index contributed by atoms with van der Waals surface area (Å²) in [5, 5.41) is 14.3. The number of benzene rings is 4. The van der Waals surface area contributed by atoms with Crippen LogP contribution in [0.3, 0.4) is 0 Å². The zero-order valence-electron chi connectivity index (χ0n) is 20.4. The fourth-order valence-corrected chi connectivity index (χ4v) is 5.48. The van der Waals surface area contributed by atoms with Crippen LogP contribution in [0.2, 0.25) is 0 Å². The van der Waals surface area contributed by atoms with Crippen molar-refractivity contribution in [1.82, 2.24) is 13.9 Å². The van der Waals surface area contributed by atoms with Crippen LogP contribution in [-0.2, 0) is 7.05 Å². The van der Waals surface area contributed by atoms with Crippen LogP contribution in [0.1, 0.15) is 5.69 Å². The normalized spacial score (nSPS) is 11.9. The van der Waals surface area contributed by atoms with E-state index in [9.17, 15) is 9.90 Å². The van der Waals surface area contributed by atoms with Gasteiger partial charge in [0, 0.05) is 23.7 Å². The third-order valence-electron chi connectivity index (χ3n) is 6.59. The van der Waals surface area contributed by atoms with Crippen molar-refractivity contribution in [2.24, 2.45) is 12.0 Å². The molecule has 37 heavy (non-hydrogen) atoms. The van der Waals surface area contributed by atoms with Crippen LogP contribution < -0.4 is 10.4 Å². The lowest BCUT2D eigenvalue weighted by atomic mass is 10.1. The summed E-state index contributed by atoms with van der Waals surface area (Å²) in [7, 11) is 1.87. The molecule has 4 aromatic carbocycles.